The van der Waals surface area contributed by atoms with Gasteiger partial charge in [0, 0.05) is 6.54 Å². The van der Waals surface area contributed by atoms with E-state index < -0.39 is 0 Å². The summed E-state index contributed by atoms with van der Waals surface area (Å²) in [5.41, 5.74) is 2.80. The Kier molecular flexibility index (Phi) is 3.99. The summed E-state index contributed by atoms with van der Waals surface area (Å²) in [6.45, 7) is 1.24. The standard InChI is InChI=1S/C19H19ClN6O2/c1-24(2)9-14-22-18(23-28-14)16-17-13-7-4-8-25(13)19(27)15-11(20)5-3-6-12(15)26(17)10-21-16/h3,5-6,10,13H,4,7-9H2,1-2H3/t13-/m0/s1. The molecule has 9 heteroatoms. The summed E-state index contributed by atoms with van der Waals surface area (Å²) in [6.07, 6.45) is 3.51. The molecule has 0 saturated carbocycles. The third-order valence-corrected chi connectivity index (χ3v) is 5.55. The van der Waals surface area contributed by atoms with Crippen molar-refractivity contribution in [2.24, 2.45) is 0 Å². The van der Waals surface area contributed by atoms with Crippen molar-refractivity contribution in [3.8, 4) is 17.2 Å². The van der Waals surface area contributed by atoms with E-state index in [1.165, 1.54) is 0 Å². The van der Waals surface area contributed by atoms with Crippen LogP contribution in [0, 0.1) is 0 Å². The van der Waals surface area contributed by atoms with Crippen LogP contribution in [-0.2, 0) is 6.54 Å². The van der Waals surface area contributed by atoms with Crippen LogP contribution in [0.25, 0.3) is 17.2 Å². The maximum atomic E-state index is 13.2. The summed E-state index contributed by atoms with van der Waals surface area (Å²) in [5, 5.41) is 4.59. The number of hydrogen-bond donors (Lipinski definition) is 0. The molecule has 0 unspecified atom stereocenters. The Bertz CT molecular complexity index is 1070. The van der Waals surface area contributed by atoms with Crippen LogP contribution in [0.3, 0.4) is 0 Å². The normalized spacial score (nSPS) is 18.2. The number of carbonyl (C=O) groups is 1. The number of nitrogens with zero attached hydrogens (tertiary/aromatic N) is 6. The van der Waals surface area contributed by atoms with E-state index >= 15 is 0 Å². The smallest absolute Gasteiger partial charge is 0.258 e. The zero-order valence-corrected chi connectivity index (χ0v) is 16.3. The summed E-state index contributed by atoms with van der Waals surface area (Å²) < 4.78 is 7.34. The minimum absolute atomic E-state index is 0.0424. The fraction of sp³-hybridized carbons (Fsp3) is 0.368. The van der Waals surface area contributed by atoms with E-state index in [9.17, 15) is 4.79 Å². The summed E-state index contributed by atoms with van der Waals surface area (Å²) >= 11 is 6.42. The van der Waals surface area contributed by atoms with Crippen molar-refractivity contribution < 1.29 is 9.32 Å². The van der Waals surface area contributed by atoms with Gasteiger partial charge in [-0.25, -0.2) is 4.98 Å². The Morgan fingerprint density at radius 3 is 3.04 bits per heavy atom. The molecule has 28 heavy (non-hydrogen) atoms. The molecule has 1 atom stereocenters. The molecule has 1 saturated heterocycles. The van der Waals surface area contributed by atoms with Gasteiger partial charge in [-0.3, -0.25) is 9.36 Å². The van der Waals surface area contributed by atoms with Gasteiger partial charge in [-0.15, -0.1) is 0 Å². The quantitative estimate of drug-likeness (QED) is 0.674. The van der Waals surface area contributed by atoms with Gasteiger partial charge in [0.1, 0.15) is 12.0 Å². The number of imidazole rings is 1. The lowest BCUT2D eigenvalue weighted by Gasteiger charge is -2.22. The molecule has 8 nitrogen and oxygen atoms in total. The van der Waals surface area contributed by atoms with Gasteiger partial charge in [0.2, 0.25) is 11.7 Å². The van der Waals surface area contributed by atoms with Crippen LogP contribution in [-0.4, -0.2) is 56.0 Å². The number of fused-ring (bicyclic) bond motifs is 5. The third-order valence-electron chi connectivity index (χ3n) is 5.23. The predicted octanol–water partition coefficient (Wildman–Crippen LogP) is 2.93. The van der Waals surface area contributed by atoms with Gasteiger partial charge in [0.25, 0.3) is 5.91 Å². The van der Waals surface area contributed by atoms with Crippen molar-refractivity contribution >= 4 is 17.5 Å². The first-order valence-electron chi connectivity index (χ1n) is 9.19. The Labute approximate surface area is 166 Å². The van der Waals surface area contributed by atoms with Crippen molar-refractivity contribution in [3.05, 3.63) is 46.7 Å². The van der Waals surface area contributed by atoms with Crippen LogP contribution in [0.4, 0.5) is 0 Å². The molecule has 1 fully saturated rings. The topological polar surface area (TPSA) is 80.3 Å². The van der Waals surface area contributed by atoms with Crippen molar-refractivity contribution in [1.82, 2.24) is 29.5 Å². The lowest BCUT2D eigenvalue weighted by atomic mass is 10.1. The minimum Gasteiger partial charge on any atom is -0.337 e. The number of amides is 1. The van der Waals surface area contributed by atoms with Gasteiger partial charge in [-0.2, -0.15) is 4.98 Å². The first kappa shape index (κ1) is 17.4. The minimum atomic E-state index is -0.0933. The van der Waals surface area contributed by atoms with Gasteiger partial charge >= 0.3 is 0 Å². The van der Waals surface area contributed by atoms with Crippen molar-refractivity contribution in [2.75, 3.05) is 20.6 Å². The molecule has 3 aromatic rings. The molecule has 144 valence electrons. The van der Waals surface area contributed by atoms with Gasteiger partial charge in [-0.05, 0) is 39.1 Å². The first-order chi connectivity index (χ1) is 13.5. The van der Waals surface area contributed by atoms with E-state index in [-0.39, 0.29) is 11.9 Å². The Hall–Kier alpha value is -2.71. The van der Waals surface area contributed by atoms with Crippen LogP contribution in [0.2, 0.25) is 5.02 Å². The summed E-state index contributed by atoms with van der Waals surface area (Å²) in [5.74, 6) is 0.924. The highest BCUT2D eigenvalue weighted by Crippen LogP contribution is 2.43. The van der Waals surface area contributed by atoms with Gasteiger partial charge in [-0.1, -0.05) is 22.8 Å². The SMILES string of the molecule is CN(C)Cc1nc(-c2ncn3c2[C@@H]2CCCN2C(=O)c2c(Cl)cccc2-3)no1. The molecule has 0 bridgehead atoms. The van der Waals surface area contributed by atoms with Crippen LogP contribution >= 0.6 is 11.6 Å². The van der Waals surface area contributed by atoms with E-state index in [0.717, 1.165) is 24.2 Å². The Balaban J connectivity index is 1.70. The lowest BCUT2D eigenvalue weighted by Crippen LogP contribution is -2.30. The van der Waals surface area contributed by atoms with Crippen LogP contribution in [0.5, 0.6) is 0 Å². The number of carbonyl (C=O) groups excluding carboxylic acids is 1. The van der Waals surface area contributed by atoms with Crippen LogP contribution in [0.1, 0.15) is 40.8 Å². The van der Waals surface area contributed by atoms with Crippen molar-refractivity contribution in [2.45, 2.75) is 25.4 Å². The fourth-order valence-electron chi connectivity index (χ4n) is 4.09. The third kappa shape index (κ3) is 2.56. The predicted molar refractivity (Wildman–Crippen MR) is 102 cm³/mol. The molecule has 5 rings (SSSR count). The monoisotopic (exact) mass is 398 g/mol. The molecule has 0 aliphatic carbocycles. The summed E-state index contributed by atoms with van der Waals surface area (Å²) in [7, 11) is 3.88. The van der Waals surface area contributed by atoms with Crippen molar-refractivity contribution in [3.63, 3.8) is 0 Å². The summed E-state index contributed by atoms with van der Waals surface area (Å²) in [4.78, 5) is 26.2. The maximum absolute atomic E-state index is 13.2. The molecular weight excluding hydrogens is 380 g/mol. The zero-order valence-electron chi connectivity index (χ0n) is 15.6. The molecule has 1 amide bonds. The van der Waals surface area contributed by atoms with Crippen molar-refractivity contribution in [1.29, 1.82) is 0 Å². The largest absolute Gasteiger partial charge is 0.337 e. The lowest BCUT2D eigenvalue weighted by molar-refractivity contribution is 0.0739. The van der Waals surface area contributed by atoms with E-state index in [0.29, 0.717) is 41.1 Å². The molecule has 4 heterocycles. The van der Waals surface area contributed by atoms with Crippen LogP contribution < -0.4 is 0 Å². The highest BCUT2D eigenvalue weighted by atomic mass is 35.5. The fourth-order valence-corrected chi connectivity index (χ4v) is 4.34. The number of halogens is 1. The van der Waals surface area contributed by atoms with Gasteiger partial charge in [0.15, 0.2) is 0 Å². The average molecular weight is 399 g/mol. The number of rotatable bonds is 3. The highest BCUT2D eigenvalue weighted by molar-refractivity contribution is 6.34. The van der Waals surface area contributed by atoms with Crippen LogP contribution in [0.15, 0.2) is 29.0 Å². The molecule has 2 aromatic heterocycles. The maximum Gasteiger partial charge on any atom is 0.258 e. The van der Waals surface area contributed by atoms with E-state index in [1.807, 2.05) is 40.6 Å². The van der Waals surface area contributed by atoms with Gasteiger partial charge in [0.05, 0.1) is 34.6 Å². The summed E-state index contributed by atoms with van der Waals surface area (Å²) in [6, 6.07) is 5.39. The molecule has 1 aromatic carbocycles. The second kappa shape index (κ2) is 6.42. The second-order valence-corrected chi connectivity index (χ2v) is 7.80. The number of hydrogen-bond acceptors (Lipinski definition) is 6. The molecule has 0 N–H and O–H groups in total. The second-order valence-electron chi connectivity index (χ2n) is 7.39. The molecular formula is C19H19ClN6O2. The first-order valence-corrected chi connectivity index (χ1v) is 9.57. The Morgan fingerprint density at radius 1 is 1.36 bits per heavy atom. The molecule has 0 spiro atoms. The van der Waals surface area contributed by atoms with E-state index in [4.69, 9.17) is 16.1 Å². The molecule has 2 aliphatic rings. The van der Waals surface area contributed by atoms with E-state index in [2.05, 4.69) is 15.1 Å². The molecule has 2 aliphatic heterocycles. The average Bonchev–Trinajstić information content (AvgIpc) is 3.37. The molecule has 0 radical (unpaired) electrons. The van der Waals surface area contributed by atoms with E-state index in [1.54, 1.807) is 12.4 Å². The Morgan fingerprint density at radius 2 is 2.21 bits per heavy atom. The highest BCUT2D eigenvalue weighted by Gasteiger charge is 2.40. The zero-order chi connectivity index (χ0) is 19.4. The number of benzene rings is 1. The number of aromatic nitrogens is 4. The van der Waals surface area contributed by atoms with Gasteiger partial charge < -0.3 is 14.3 Å².